The highest BCUT2D eigenvalue weighted by atomic mass is 19.4. The molecule has 0 aliphatic heterocycles. The van der Waals surface area contributed by atoms with Crippen LogP contribution in [-0.2, 0) is 4.79 Å². The summed E-state index contributed by atoms with van der Waals surface area (Å²) in [5.41, 5.74) is 0. The number of rotatable bonds is 6. The lowest BCUT2D eigenvalue weighted by molar-refractivity contribution is -0.141. The summed E-state index contributed by atoms with van der Waals surface area (Å²) in [6.07, 6.45) is -5.02. The molecule has 0 heterocycles. The van der Waals surface area contributed by atoms with Crippen molar-refractivity contribution < 1.29 is 27.9 Å². The molecular formula is C11H19F3N2O3. The van der Waals surface area contributed by atoms with Crippen LogP contribution in [0.25, 0.3) is 0 Å². The van der Waals surface area contributed by atoms with Gasteiger partial charge in [-0.2, -0.15) is 13.2 Å². The number of amides is 2. The smallest absolute Gasteiger partial charge is 0.391 e. The maximum atomic E-state index is 12.1. The molecule has 0 radical (unpaired) electrons. The molecule has 3 N–H and O–H groups in total. The third-order valence-corrected chi connectivity index (χ3v) is 2.68. The number of carbonyl (C=O) groups excluding carboxylic acids is 1. The van der Waals surface area contributed by atoms with E-state index in [9.17, 15) is 22.8 Å². The fourth-order valence-electron chi connectivity index (χ4n) is 1.49. The van der Waals surface area contributed by atoms with E-state index in [2.05, 4.69) is 10.6 Å². The summed E-state index contributed by atoms with van der Waals surface area (Å²) in [4.78, 5) is 22.3. The van der Waals surface area contributed by atoms with Crippen LogP contribution in [0.15, 0.2) is 0 Å². The number of halogens is 3. The molecule has 8 heteroatoms. The lowest BCUT2D eigenvalue weighted by Crippen LogP contribution is -2.51. The van der Waals surface area contributed by atoms with Gasteiger partial charge >= 0.3 is 18.2 Å². The molecule has 0 rings (SSSR count). The summed E-state index contributed by atoms with van der Waals surface area (Å²) in [5, 5.41) is 13.2. The van der Waals surface area contributed by atoms with Crippen molar-refractivity contribution in [2.24, 2.45) is 5.92 Å². The van der Waals surface area contributed by atoms with E-state index >= 15 is 0 Å². The Hall–Kier alpha value is -1.47. The molecule has 0 aliphatic carbocycles. The third-order valence-electron chi connectivity index (χ3n) is 2.68. The molecule has 0 aliphatic rings. The SMILES string of the molecule is CC[C@H](C)[C@H](NC(=O)NC(C)CC(F)(F)F)C(=O)O. The molecule has 0 aromatic heterocycles. The Kier molecular flexibility index (Phi) is 6.64. The molecule has 0 spiro atoms. The van der Waals surface area contributed by atoms with E-state index in [-0.39, 0.29) is 5.92 Å². The Morgan fingerprint density at radius 3 is 2.11 bits per heavy atom. The van der Waals surface area contributed by atoms with Gasteiger partial charge in [0.2, 0.25) is 0 Å². The van der Waals surface area contributed by atoms with Crippen LogP contribution < -0.4 is 10.6 Å². The minimum absolute atomic E-state index is 0.318. The summed E-state index contributed by atoms with van der Waals surface area (Å²) >= 11 is 0. The normalized spacial score (nSPS) is 16.3. The molecule has 0 aromatic carbocycles. The summed E-state index contributed by atoms with van der Waals surface area (Å²) in [7, 11) is 0. The van der Waals surface area contributed by atoms with E-state index in [0.717, 1.165) is 0 Å². The van der Waals surface area contributed by atoms with Crippen molar-refractivity contribution in [3.63, 3.8) is 0 Å². The van der Waals surface area contributed by atoms with Gasteiger partial charge in [-0.05, 0) is 12.8 Å². The highest BCUT2D eigenvalue weighted by Crippen LogP contribution is 2.21. The van der Waals surface area contributed by atoms with Crippen LogP contribution in [0, 0.1) is 5.92 Å². The van der Waals surface area contributed by atoms with E-state index < -0.39 is 36.7 Å². The van der Waals surface area contributed by atoms with Gasteiger partial charge in [0, 0.05) is 6.04 Å². The highest BCUT2D eigenvalue weighted by Gasteiger charge is 2.31. The molecule has 0 saturated carbocycles. The number of hydrogen-bond donors (Lipinski definition) is 3. The molecule has 0 aromatic rings. The average molecular weight is 284 g/mol. The van der Waals surface area contributed by atoms with Gasteiger partial charge in [0.05, 0.1) is 6.42 Å². The Labute approximate surface area is 109 Å². The number of carboxylic acid groups (broad SMARTS) is 1. The highest BCUT2D eigenvalue weighted by molar-refractivity contribution is 5.82. The molecule has 112 valence electrons. The van der Waals surface area contributed by atoms with Gasteiger partial charge in [0.15, 0.2) is 0 Å². The van der Waals surface area contributed by atoms with Gasteiger partial charge in [-0.3, -0.25) is 0 Å². The molecule has 5 nitrogen and oxygen atoms in total. The molecule has 1 unspecified atom stereocenters. The predicted octanol–water partition coefficient (Wildman–Crippen LogP) is 2.13. The summed E-state index contributed by atoms with van der Waals surface area (Å²) < 4.78 is 36.2. The van der Waals surface area contributed by atoms with Crippen molar-refractivity contribution in [2.75, 3.05) is 0 Å². The van der Waals surface area contributed by atoms with Gasteiger partial charge < -0.3 is 15.7 Å². The zero-order valence-electron chi connectivity index (χ0n) is 11.0. The van der Waals surface area contributed by atoms with Crippen molar-refractivity contribution in [3.8, 4) is 0 Å². The molecule has 19 heavy (non-hydrogen) atoms. The van der Waals surface area contributed by atoms with E-state index in [1.807, 2.05) is 0 Å². The first kappa shape index (κ1) is 17.5. The van der Waals surface area contributed by atoms with E-state index in [0.29, 0.717) is 6.42 Å². The quantitative estimate of drug-likeness (QED) is 0.699. The lowest BCUT2D eigenvalue weighted by Gasteiger charge is -2.22. The number of nitrogens with one attached hydrogen (secondary N) is 2. The molecule has 2 amide bonds. The lowest BCUT2D eigenvalue weighted by atomic mass is 9.99. The Balaban J connectivity index is 4.39. The van der Waals surface area contributed by atoms with Crippen LogP contribution in [0.5, 0.6) is 0 Å². The van der Waals surface area contributed by atoms with Gasteiger partial charge in [0.1, 0.15) is 6.04 Å². The molecule has 0 bridgehead atoms. The number of alkyl halides is 3. The van der Waals surface area contributed by atoms with Gasteiger partial charge in [-0.1, -0.05) is 20.3 Å². The first-order chi connectivity index (χ1) is 8.56. The fraction of sp³-hybridized carbons (Fsp3) is 0.818. The van der Waals surface area contributed by atoms with Crippen LogP contribution in [0.2, 0.25) is 0 Å². The second-order valence-corrected chi connectivity index (χ2v) is 4.54. The van der Waals surface area contributed by atoms with Crippen molar-refractivity contribution in [1.29, 1.82) is 0 Å². The zero-order valence-corrected chi connectivity index (χ0v) is 11.0. The molecule has 0 saturated heterocycles. The van der Waals surface area contributed by atoms with Gasteiger partial charge in [-0.25, -0.2) is 9.59 Å². The van der Waals surface area contributed by atoms with E-state index in [1.165, 1.54) is 6.92 Å². The predicted molar refractivity (Wildman–Crippen MR) is 62.7 cm³/mol. The van der Waals surface area contributed by atoms with Crippen LogP contribution in [-0.4, -0.2) is 35.4 Å². The number of urea groups is 1. The standard InChI is InChI=1S/C11H19F3N2O3/c1-4-6(2)8(9(17)18)16-10(19)15-7(3)5-11(12,13)14/h6-8H,4-5H2,1-3H3,(H,17,18)(H2,15,16,19)/t6-,7?,8-/m0/s1. The summed E-state index contributed by atoms with van der Waals surface area (Å²) in [5.74, 6) is -1.53. The average Bonchev–Trinajstić information content (AvgIpc) is 2.21. The number of aliphatic carboxylic acids is 1. The summed E-state index contributed by atoms with van der Waals surface area (Å²) in [6, 6.07) is -3.15. The maximum Gasteiger partial charge on any atom is 0.391 e. The van der Waals surface area contributed by atoms with Gasteiger partial charge in [0.25, 0.3) is 0 Å². The number of carboxylic acids is 1. The van der Waals surface area contributed by atoms with Crippen molar-refractivity contribution >= 4 is 12.0 Å². The second-order valence-electron chi connectivity index (χ2n) is 4.54. The minimum Gasteiger partial charge on any atom is -0.480 e. The van der Waals surface area contributed by atoms with Crippen molar-refractivity contribution in [2.45, 2.75) is 51.9 Å². The Bertz CT molecular complexity index is 321. The Morgan fingerprint density at radius 1 is 1.21 bits per heavy atom. The van der Waals surface area contributed by atoms with E-state index in [1.54, 1.807) is 13.8 Å². The molecule has 0 fully saturated rings. The fourth-order valence-corrected chi connectivity index (χ4v) is 1.49. The van der Waals surface area contributed by atoms with Gasteiger partial charge in [-0.15, -0.1) is 0 Å². The van der Waals surface area contributed by atoms with Crippen LogP contribution >= 0.6 is 0 Å². The van der Waals surface area contributed by atoms with E-state index in [4.69, 9.17) is 5.11 Å². The maximum absolute atomic E-state index is 12.1. The van der Waals surface area contributed by atoms with Crippen LogP contribution in [0.4, 0.5) is 18.0 Å². The summed E-state index contributed by atoms with van der Waals surface area (Å²) in [6.45, 7) is 4.59. The van der Waals surface area contributed by atoms with Crippen LogP contribution in [0.1, 0.15) is 33.6 Å². The molecular weight excluding hydrogens is 265 g/mol. The monoisotopic (exact) mass is 284 g/mol. The third kappa shape index (κ3) is 7.53. The topological polar surface area (TPSA) is 78.4 Å². The Morgan fingerprint density at radius 2 is 1.74 bits per heavy atom. The minimum atomic E-state index is -4.38. The number of carbonyl (C=O) groups is 2. The largest absolute Gasteiger partial charge is 0.480 e. The van der Waals surface area contributed by atoms with Crippen molar-refractivity contribution in [3.05, 3.63) is 0 Å². The first-order valence-electron chi connectivity index (χ1n) is 5.93. The first-order valence-corrected chi connectivity index (χ1v) is 5.93. The zero-order chi connectivity index (χ0) is 15.2. The van der Waals surface area contributed by atoms with Crippen molar-refractivity contribution in [1.82, 2.24) is 10.6 Å². The number of hydrogen-bond acceptors (Lipinski definition) is 2. The molecule has 3 atom stereocenters. The van der Waals surface area contributed by atoms with Crippen LogP contribution in [0.3, 0.4) is 0 Å². The second kappa shape index (κ2) is 7.20.